The highest BCUT2D eigenvalue weighted by Crippen LogP contribution is 2.16. The van der Waals surface area contributed by atoms with Gasteiger partial charge in [0.15, 0.2) is 0 Å². The Bertz CT molecular complexity index is 686. The smallest absolute Gasteiger partial charge is 0.222 e. The first-order valence-electron chi connectivity index (χ1n) is 8.32. The first-order valence-corrected chi connectivity index (χ1v) is 8.32. The monoisotopic (exact) mass is 329 g/mol. The van der Waals surface area contributed by atoms with Crippen molar-refractivity contribution in [3.63, 3.8) is 0 Å². The number of nitrogens with zero attached hydrogens (tertiary/aromatic N) is 2. The highest BCUT2D eigenvalue weighted by molar-refractivity contribution is 5.76. The summed E-state index contributed by atoms with van der Waals surface area (Å²) in [4.78, 5) is 13.9. The predicted octanol–water partition coefficient (Wildman–Crippen LogP) is 3.11. The molecule has 0 spiro atoms. The van der Waals surface area contributed by atoms with E-state index in [-0.39, 0.29) is 5.91 Å². The van der Waals surface area contributed by atoms with Crippen LogP contribution < -0.4 is 4.74 Å². The van der Waals surface area contributed by atoms with Crippen molar-refractivity contribution in [2.24, 2.45) is 0 Å². The molecule has 1 heterocycles. The molecular formula is C19H27N3O2. The molecule has 130 valence electrons. The second kappa shape index (κ2) is 7.99. The normalized spacial score (nSPS) is 10.7. The largest absolute Gasteiger partial charge is 0.492 e. The number of ether oxygens (including phenoxy) is 1. The number of hydrogen-bond acceptors (Lipinski definition) is 3. The Morgan fingerprint density at radius 3 is 2.42 bits per heavy atom. The predicted molar refractivity (Wildman–Crippen MR) is 95.4 cm³/mol. The zero-order valence-corrected chi connectivity index (χ0v) is 15.3. The first-order chi connectivity index (χ1) is 11.4. The van der Waals surface area contributed by atoms with E-state index in [9.17, 15) is 4.79 Å². The van der Waals surface area contributed by atoms with Gasteiger partial charge in [-0.15, -0.1) is 0 Å². The minimum absolute atomic E-state index is 0.110. The Balaban J connectivity index is 1.76. The van der Waals surface area contributed by atoms with Gasteiger partial charge in [0.25, 0.3) is 0 Å². The molecule has 1 N–H and O–H groups in total. The van der Waals surface area contributed by atoms with Gasteiger partial charge in [-0.3, -0.25) is 9.89 Å². The third-order valence-electron chi connectivity index (χ3n) is 4.25. The Morgan fingerprint density at radius 2 is 1.83 bits per heavy atom. The van der Waals surface area contributed by atoms with Crippen LogP contribution >= 0.6 is 0 Å². The summed E-state index contributed by atoms with van der Waals surface area (Å²) in [6.07, 6.45) is 1.13. The van der Waals surface area contributed by atoms with Gasteiger partial charge < -0.3 is 9.64 Å². The molecule has 5 heteroatoms. The van der Waals surface area contributed by atoms with Crippen LogP contribution in [0.5, 0.6) is 5.75 Å². The maximum Gasteiger partial charge on any atom is 0.222 e. The number of likely N-dealkylation sites (N-methyl/N-ethyl adjacent to an activating group) is 1. The zero-order chi connectivity index (χ0) is 17.7. The third kappa shape index (κ3) is 4.85. The lowest BCUT2D eigenvalue weighted by molar-refractivity contribution is -0.130. The summed E-state index contributed by atoms with van der Waals surface area (Å²) in [5, 5.41) is 7.20. The van der Waals surface area contributed by atoms with Crippen LogP contribution in [0, 0.1) is 27.7 Å². The molecule has 0 aliphatic carbocycles. The third-order valence-corrected chi connectivity index (χ3v) is 4.25. The van der Waals surface area contributed by atoms with Crippen molar-refractivity contribution < 1.29 is 9.53 Å². The Labute approximate surface area is 144 Å². The summed E-state index contributed by atoms with van der Waals surface area (Å²) in [7, 11) is 1.82. The van der Waals surface area contributed by atoms with Gasteiger partial charge in [0.2, 0.25) is 5.91 Å². The quantitative estimate of drug-likeness (QED) is 0.849. The van der Waals surface area contributed by atoms with E-state index in [2.05, 4.69) is 16.3 Å². The Morgan fingerprint density at radius 1 is 1.17 bits per heavy atom. The number of aromatic amines is 1. The van der Waals surface area contributed by atoms with Crippen LogP contribution in [0.15, 0.2) is 18.2 Å². The summed E-state index contributed by atoms with van der Waals surface area (Å²) in [6, 6.07) is 6.14. The second-order valence-corrected chi connectivity index (χ2v) is 6.41. The standard InChI is InChI=1S/C19H27N3O2/c1-13-10-14(2)12-17(11-13)24-9-8-22(5)19(23)7-6-18-15(3)16(4)20-21-18/h10-12H,6-9H2,1-5H3,(H,20,21). The fourth-order valence-electron chi connectivity index (χ4n) is 2.64. The number of rotatable bonds is 7. The van der Waals surface area contributed by atoms with Crippen LogP contribution in [0.1, 0.15) is 34.5 Å². The molecule has 1 amide bonds. The van der Waals surface area contributed by atoms with Crippen molar-refractivity contribution in [2.75, 3.05) is 20.2 Å². The highest BCUT2D eigenvalue weighted by Gasteiger charge is 2.12. The molecule has 0 aliphatic rings. The van der Waals surface area contributed by atoms with E-state index in [0.717, 1.165) is 22.7 Å². The summed E-state index contributed by atoms with van der Waals surface area (Å²) in [5.41, 5.74) is 5.54. The molecule has 0 unspecified atom stereocenters. The number of aryl methyl sites for hydroxylation is 4. The SMILES string of the molecule is Cc1cc(C)cc(OCCN(C)C(=O)CCc2n[nH]c(C)c2C)c1. The lowest BCUT2D eigenvalue weighted by atomic mass is 10.1. The lowest BCUT2D eigenvalue weighted by Gasteiger charge is -2.17. The van der Waals surface area contributed by atoms with Crippen LogP contribution in [0.3, 0.4) is 0 Å². The van der Waals surface area contributed by atoms with Gasteiger partial charge in [0.05, 0.1) is 12.2 Å². The van der Waals surface area contributed by atoms with E-state index >= 15 is 0 Å². The maximum absolute atomic E-state index is 12.2. The summed E-state index contributed by atoms with van der Waals surface area (Å²) >= 11 is 0. The number of nitrogens with one attached hydrogen (secondary N) is 1. The number of aromatic nitrogens is 2. The van der Waals surface area contributed by atoms with E-state index in [1.807, 2.05) is 46.9 Å². The van der Waals surface area contributed by atoms with Gasteiger partial charge in [0.1, 0.15) is 12.4 Å². The Kier molecular flexibility index (Phi) is 6.01. The summed E-state index contributed by atoms with van der Waals surface area (Å²) < 4.78 is 5.76. The average Bonchev–Trinajstić information content (AvgIpc) is 2.83. The number of carbonyl (C=O) groups is 1. The van der Waals surface area contributed by atoms with Gasteiger partial charge in [-0.1, -0.05) is 6.07 Å². The molecule has 24 heavy (non-hydrogen) atoms. The van der Waals surface area contributed by atoms with Crippen molar-refractivity contribution in [3.05, 3.63) is 46.3 Å². The molecule has 0 atom stereocenters. The average molecular weight is 329 g/mol. The number of amides is 1. The van der Waals surface area contributed by atoms with Gasteiger partial charge in [-0.2, -0.15) is 5.10 Å². The molecule has 0 saturated carbocycles. The van der Waals surface area contributed by atoms with Gasteiger partial charge in [0, 0.05) is 25.6 Å². The van der Waals surface area contributed by atoms with Crippen molar-refractivity contribution in [2.45, 2.75) is 40.5 Å². The van der Waals surface area contributed by atoms with Crippen LogP contribution in [0.4, 0.5) is 0 Å². The summed E-state index contributed by atoms with van der Waals surface area (Å²) in [5.74, 6) is 0.968. The van der Waals surface area contributed by atoms with E-state index < -0.39 is 0 Å². The van der Waals surface area contributed by atoms with Crippen molar-refractivity contribution in [1.29, 1.82) is 0 Å². The zero-order valence-electron chi connectivity index (χ0n) is 15.3. The van der Waals surface area contributed by atoms with Crippen LogP contribution in [-0.2, 0) is 11.2 Å². The number of benzene rings is 1. The molecule has 0 bridgehead atoms. The van der Waals surface area contributed by atoms with Crippen LogP contribution in [0.2, 0.25) is 0 Å². The molecule has 0 radical (unpaired) electrons. The molecular weight excluding hydrogens is 302 g/mol. The summed E-state index contributed by atoms with van der Waals surface area (Å²) in [6.45, 7) is 9.18. The molecule has 0 fully saturated rings. The van der Waals surface area contributed by atoms with E-state index in [0.29, 0.717) is 26.0 Å². The van der Waals surface area contributed by atoms with Gasteiger partial charge in [-0.25, -0.2) is 0 Å². The first kappa shape index (κ1) is 18.0. The minimum Gasteiger partial charge on any atom is -0.492 e. The van der Waals surface area contributed by atoms with E-state index in [1.54, 1.807) is 4.90 Å². The molecule has 0 aliphatic heterocycles. The lowest BCUT2D eigenvalue weighted by Crippen LogP contribution is -2.31. The van der Waals surface area contributed by atoms with Crippen molar-refractivity contribution >= 4 is 5.91 Å². The van der Waals surface area contributed by atoms with Crippen molar-refractivity contribution in [1.82, 2.24) is 15.1 Å². The van der Waals surface area contributed by atoms with Gasteiger partial charge >= 0.3 is 0 Å². The Hall–Kier alpha value is -2.30. The van der Waals surface area contributed by atoms with Gasteiger partial charge in [-0.05, 0) is 56.5 Å². The fourth-order valence-corrected chi connectivity index (χ4v) is 2.64. The van der Waals surface area contributed by atoms with E-state index in [4.69, 9.17) is 4.74 Å². The molecule has 1 aromatic heterocycles. The molecule has 5 nitrogen and oxygen atoms in total. The molecule has 1 aromatic carbocycles. The van der Waals surface area contributed by atoms with E-state index in [1.165, 1.54) is 11.1 Å². The molecule has 0 saturated heterocycles. The number of carbonyl (C=O) groups excluding carboxylic acids is 1. The number of hydrogen-bond donors (Lipinski definition) is 1. The highest BCUT2D eigenvalue weighted by atomic mass is 16.5. The molecule has 2 rings (SSSR count). The van der Waals surface area contributed by atoms with Crippen molar-refractivity contribution in [3.8, 4) is 5.75 Å². The molecule has 2 aromatic rings. The number of H-pyrrole nitrogens is 1. The maximum atomic E-state index is 12.2. The second-order valence-electron chi connectivity index (χ2n) is 6.41. The minimum atomic E-state index is 0.110. The van der Waals surface area contributed by atoms with Crippen LogP contribution in [0.25, 0.3) is 0 Å². The fraction of sp³-hybridized carbons (Fsp3) is 0.474. The topological polar surface area (TPSA) is 58.2 Å². The van der Waals surface area contributed by atoms with Crippen LogP contribution in [-0.4, -0.2) is 41.2 Å².